The van der Waals surface area contributed by atoms with Gasteiger partial charge in [-0.3, -0.25) is 15.8 Å². The molecular weight excluding hydrogens is 514 g/mol. The van der Waals surface area contributed by atoms with Gasteiger partial charge < -0.3 is 4.74 Å². The highest BCUT2D eigenvalue weighted by molar-refractivity contribution is 9.10. The number of hydrogen-bond donors (Lipinski definition) is 3. The Labute approximate surface area is 213 Å². The molecule has 3 N–H and O–H groups in total. The van der Waals surface area contributed by atoms with Crippen LogP contribution in [-0.4, -0.2) is 32.7 Å². The maximum absolute atomic E-state index is 8.81. The third kappa shape index (κ3) is 7.44. The number of anilines is 1. The first-order valence-corrected chi connectivity index (χ1v) is 11.8. The van der Waals surface area contributed by atoms with Crippen molar-refractivity contribution in [3.8, 4) is 28.3 Å². The van der Waals surface area contributed by atoms with Crippen LogP contribution in [0.15, 0.2) is 65.3 Å². The second-order valence-electron chi connectivity index (χ2n) is 6.89. The summed E-state index contributed by atoms with van der Waals surface area (Å²) in [5.74, 6) is 0.837. The topological polar surface area (TPSA) is 96.0 Å². The van der Waals surface area contributed by atoms with Crippen LogP contribution in [0.3, 0.4) is 0 Å². The fourth-order valence-electron chi connectivity index (χ4n) is 2.77. The summed E-state index contributed by atoms with van der Waals surface area (Å²) >= 11 is 8.37. The Morgan fingerprint density at radius 1 is 0.912 bits per heavy atom. The Hall–Kier alpha value is -3.14. The molecule has 0 aliphatic rings. The molecule has 0 unspecified atom stereocenters. The van der Waals surface area contributed by atoms with E-state index in [1.807, 2.05) is 76.2 Å². The Bertz CT molecular complexity index is 1260. The average molecular weight is 543 g/mol. The molecule has 2 heterocycles. The molecule has 0 aliphatic heterocycles. The first-order chi connectivity index (χ1) is 16.4. The first kappa shape index (κ1) is 27.1. The van der Waals surface area contributed by atoms with Gasteiger partial charge in [-0.1, -0.05) is 38.2 Å². The quantitative estimate of drug-likeness (QED) is 0.186. The van der Waals surface area contributed by atoms with Crippen molar-refractivity contribution >= 4 is 33.8 Å². The molecule has 0 bridgehead atoms. The Kier molecular flexibility index (Phi) is 10.8. The number of H-pyrrole nitrogens is 1. The molecule has 4 rings (SSSR count). The van der Waals surface area contributed by atoms with Crippen molar-refractivity contribution in [3.05, 3.63) is 81.0 Å². The van der Waals surface area contributed by atoms with Crippen LogP contribution in [0.1, 0.15) is 25.0 Å². The first-order valence-electron chi connectivity index (χ1n) is 10.6. The summed E-state index contributed by atoms with van der Waals surface area (Å²) in [4.78, 5) is 0. The summed E-state index contributed by atoms with van der Waals surface area (Å²) in [6, 6.07) is 19.0. The third-order valence-corrected chi connectivity index (χ3v) is 5.78. The van der Waals surface area contributed by atoms with Crippen LogP contribution in [0.4, 0.5) is 5.69 Å². The smallest absolute Gasteiger partial charge is 0.131 e. The van der Waals surface area contributed by atoms with E-state index in [1.54, 1.807) is 19.2 Å². The summed E-state index contributed by atoms with van der Waals surface area (Å²) in [7, 11) is 1.65. The zero-order valence-electron chi connectivity index (χ0n) is 19.8. The molecule has 178 valence electrons. The van der Waals surface area contributed by atoms with E-state index >= 15 is 0 Å². The number of aromatic amines is 1. The van der Waals surface area contributed by atoms with Crippen molar-refractivity contribution in [2.45, 2.75) is 27.7 Å². The molecule has 0 saturated heterocycles. The van der Waals surface area contributed by atoms with E-state index in [1.165, 1.54) is 0 Å². The second-order valence-corrected chi connectivity index (χ2v) is 8.05. The van der Waals surface area contributed by atoms with E-state index < -0.39 is 0 Å². The molecule has 2 aromatic carbocycles. The zero-order chi connectivity index (χ0) is 25.1. The van der Waals surface area contributed by atoms with Crippen molar-refractivity contribution in [1.82, 2.24) is 20.4 Å². The summed E-state index contributed by atoms with van der Waals surface area (Å²) in [6.45, 7) is 7.92. The van der Waals surface area contributed by atoms with E-state index in [0.29, 0.717) is 10.3 Å². The highest BCUT2D eigenvalue weighted by Gasteiger charge is 2.04. The Balaban J connectivity index is 0.000000224. The summed E-state index contributed by atoms with van der Waals surface area (Å²) in [6.07, 6.45) is 0. The van der Waals surface area contributed by atoms with Crippen LogP contribution in [0, 0.1) is 18.5 Å². The fourth-order valence-corrected chi connectivity index (χ4v) is 3.07. The number of methoxy groups -OCH3 is 1. The number of aromatic nitrogens is 4. The van der Waals surface area contributed by atoms with Crippen LogP contribution in [0.5, 0.6) is 5.75 Å². The molecule has 34 heavy (non-hydrogen) atoms. The molecule has 2 aromatic heterocycles. The second kappa shape index (κ2) is 13.5. The predicted octanol–water partition coefficient (Wildman–Crippen LogP) is 7.17. The average Bonchev–Trinajstić information content (AvgIpc) is 2.89. The van der Waals surface area contributed by atoms with Crippen molar-refractivity contribution < 1.29 is 9.94 Å². The molecule has 7 nitrogen and oxygen atoms in total. The molecule has 0 atom stereocenters. The lowest BCUT2D eigenvalue weighted by Gasteiger charge is -2.04. The minimum atomic E-state index is 0.625. The number of nitrogens with one attached hydrogen (secondary N) is 2. The van der Waals surface area contributed by atoms with Crippen LogP contribution >= 0.6 is 28.1 Å². The van der Waals surface area contributed by atoms with Gasteiger partial charge in [-0.25, -0.2) is 0 Å². The fraction of sp³-hybridized carbons (Fsp3) is 0.200. The molecule has 4 aromatic rings. The van der Waals surface area contributed by atoms with Crippen LogP contribution in [0.2, 0.25) is 0 Å². The number of nitrogens with zero attached hydrogens (tertiary/aromatic N) is 3. The van der Waals surface area contributed by atoms with Crippen molar-refractivity contribution in [2.75, 3.05) is 12.6 Å². The third-order valence-electron chi connectivity index (χ3n) is 4.59. The Morgan fingerprint density at radius 3 is 2.18 bits per heavy atom. The summed E-state index contributed by atoms with van der Waals surface area (Å²) in [5.41, 5.74) is 8.38. The zero-order valence-corrected chi connectivity index (χ0v) is 22.2. The Morgan fingerprint density at radius 2 is 1.59 bits per heavy atom. The summed E-state index contributed by atoms with van der Waals surface area (Å²) < 4.78 is 6.52. The molecule has 0 spiro atoms. The highest BCUT2D eigenvalue weighted by atomic mass is 79.9. The van der Waals surface area contributed by atoms with Crippen LogP contribution in [-0.2, 0) is 0 Å². The number of aryl methyl sites for hydroxylation is 2. The number of halogens is 1. The van der Waals surface area contributed by atoms with Gasteiger partial charge in [0.2, 0.25) is 0 Å². The monoisotopic (exact) mass is 541 g/mol. The SMILES string of the molecule is CC.COc1ccc(-c2cc(C)c(=S)[nH]n2)cc1.Cc1cc(-c2cccc(NO)c2)nnc1Br. The van der Waals surface area contributed by atoms with E-state index in [0.717, 1.165) is 44.0 Å². The van der Waals surface area contributed by atoms with E-state index in [9.17, 15) is 0 Å². The van der Waals surface area contributed by atoms with Gasteiger partial charge in [0.05, 0.1) is 24.2 Å². The van der Waals surface area contributed by atoms with Gasteiger partial charge in [-0.05, 0) is 89.4 Å². The normalized spacial score (nSPS) is 9.74. The van der Waals surface area contributed by atoms with E-state index in [-0.39, 0.29) is 0 Å². The van der Waals surface area contributed by atoms with Crippen molar-refractivity contribution in [1.29, 1.82) is 0 Å². The molecule has 0 amide bonds. The largest absolute Gasteiger partial charge is 0.497 e. The maximum atomic E-state index is 8.81. The van der Waals surface area contributed by atoms with Gasteiger partial charge in [0.25, 0.3) is 0 Å². The highest BCUT2D eigenvalue weighted by Crippen LogP contribution is 2.23. The lowest BCUT2D eigenvalue weighted by atomic mass is 10.1. The van der Waals surface area contributed by atoms with Gasteiger partial charge in [-0.15, -0.1) is 10.2 Å². The lowest BCUT2D eigenvalue weighted by molar-refractivity contribution is 0.389. The molecule has 0 aliphatic carbocycles. The number of hydrogen-bond acceptors (Lipinski definition) is 7. The standard InChI is InChI=1S/C12H12N2OS.C11H10BrN3O.C2H6/c1-8-7-11(13-14-12(8)16)9-3-5-10(15-2)6-4-9;1-7-5-10(13-14-11(7)12)8-3-2-4-9(6-8)15-16;1-2/h3-7H,1-2H3,(H,14,16);2-6,15-16H,1H3;1-2H3. The van der Waals surface area contributed by atoms with E-state index in [4.69, 9.17) is 22.2 Å². The number of benzene rings is 2. The van der Waals surface area contributed by atoms with Crippen molar-refractivity contribution in [2.24, 2.45) is 0 Å². The molecule has 0 fully saturated rings. The summed E-state index contributed by atoms with van der Waals surface area (Å²) in [5, 5.41) is 23.9. The predicted molar refractivity (Wildman–Crippen MR) is 143 cm³/mol. The molecular formula is C25H28BrN5O2S. The van der Waals surface area contributed by atoms with Crippen LogP contribution in [0.25, 0.3) is 22.5 Å². The molecule has 0 saturated carbocycles. The van der Waals surface area contributed by atoms with Gasteiger partial charge in [0, 0.05) is 11.1 Å². The van der Waals surface area contributed by atoms with Gasteiger partial charge in [0.15, 0.2) is 0 Å². The number of rotatable bonds is 4. The maximum Gasteiger partial charge on any atom is 0.131 e. The minimum Gasteiger partial charge on any atom is -0.497 e. The van der Waals surface area contributed by atoms with Crippen molar-refractivity contribution in [3.63, 3.8) is 0 Å². The van der Waals surface area contributed by atoms with Crippen LogP contribution < -0.4 is 10.2 Å². The lowest BCUT2D eigenvalue weighted by Crippen LogP contribution is -1.93. The molecule has 0 radical (unpaired) electrons. The van der Waals surface area contributed by atoms with Gasteiger partial charge in [0.1, 0.15) is 15.0 Å². The number of ether oxygens (including phenoxy) is 1. The molecule has 9 heteroatoms. The van der Waals surface area contributed by atoms with Gasteiger partial charge >= 0.3 is 0 Å². The van der Waals surface area contributed by atoms with Gasteiger partial charge in [-0.2, -0.15) is 5.10 Å². The minimum absolute atomic E-state index is 0.625. The van der Waals surface area contributed by atoms with E-state index in [2.05, 4.69) is 41.8 Å².